The minimum absolute atomic E-state index is 0.0443. The number of hydrogen-bond donors (Lipinski definition) is 2. The van der Waals surface area contributed by atoms with Gasteiger partial charge in [-0.05, 0) is 44.0 Å². The fraction of sp³-hybridized carbons (Fsp3) is 0.500. The molecule has 1 saturated heterocycles. The Morgan fingerprint density at radius 2 is 2.47 bits per heavy atom. The van der Waals surface area contributed by atoms with E-state index in [1.165, 1.54) is 0 Å². The van der Waals surface area contributed by atoms with Crippen molar-refractivity contribution in [3.63, 3.8) is 0 Å². The van der Waals surface area contributed by atoms with Gasteiger partial charge in [-0.2, -0.15) is 0 Å². The Morgan fingerprint density at radius 3 is 3.12 bits per heavy atom. The van der Waals surface area contributed by atoms with Gasteiger partial charge in [-0.15, -0.1) is 0 Å². The van der Waals surface area contributed by atoms with Gasteiger partial charge in [0.05, 0.1) is 11.9 Å². The van der Waals surface area contributed by atoms with Crippen LogP contribution in [0.2, 0.25) is 5.15 Å². The first-order valence-electron chi connectivity index (χ1n) is 5.86. The number of pyridine rings is 1. The molecule has 0 aliphatic carbocycles. The molecular formula is C12H16ClN3O. The molecule has 1 aromatic rings. The molecule has 0 bridgehead atoms. The second-order valence-corrected chi connectivity index (χ2v) is 4.72. The molecule has 92 valence electrons. The highest BCUT2D eigenvalue weighted by molar-refractivity contribution is 6.29. The molecule has 2 N–H and O–H groups in total. The van der Waals surface area contributed by atoms with Crippen molar-refractivity contribution in [1.82, 2.24) is 10.3 Å². The van der Waals surface area contributed by atoms with Gasteiger partial charge in [-0.25, -0.2) is 4.98 Å². The van der Waals surface area contributed by atoms with Crippen LogP contribution in [0.4, 0.5) is 5.69 Å². The van der Waals surface area contributed by atoms with Crippen LogP contribution in [-0.2, 0) is 4.79 Å². The molecule has 0 aromatic carbocycles. The molecule has 17 heavy (non-hydrogen) atoms. The summed E-state index contributed by atoms with van der Waals surface area (Å²) in [5.74, 6) is 0.492. The molecule has 0 saturated carbocycles. The van der Waals surface area contributed by atoms with Gasteiger partial charge in [-0.3, -0.25) is 4.79 Å². The highest BCUT2D eigenvalue weighted by Crippen LogP contribution is 2.16. The predicted molar refractivity (Wildman–Crippen MR) is 68.1 cm³/mol. The summed E-state index contributed by atoms with van der Waals surface area (Å²) >= 11 is 5.67. The van der Waals surface area contributed by atoms with Gasteiger partial charge in [0.1, 0.15) is 5.15 Å². The van der Waals surface area contributed by atoms with E-state index in [0.29, 0.717) is 23.2 Å². The van der Waals surface area contributed by atoms with Crippen LogP contribution in [0.25, 0.3) is 0 Å². The van der Waals surface area contributed by atoms with Crippen molar-refractivity contribution >= 4 is 23.2 Å². The van der Waals surface area contributed by atoms with Gasteiger partial charge in [0.15, 0.2) is 0 Å². The van der Waals surface area contributed by atoms with Crippen molar-refractivity contribution in [3.8, 4) is 0 Å². The molecule has 1 aliphatic rings. The summed E-state index contributed by atoms with van der Waals surface area (Å²) in [5, 5.41) is 6.56. The minimum atomic E-state index is 0.0443. The van der Waals surface area contributed by atoms with Crippen molar-refractivity contribution in [2.45, 2.75) is 19.3 Å². The lowest BCUT2D eigenvalue weighted by Gasteiger charge is -2.22. The van der Waals surface area contributed by atoms with Crippen molar-refractivity contribution in [2.24, 2.45) is 5.92 Å². The Morgan fingerprint density at radius 1 is 1.59 bits per heavy atom. The third kappa shape index (κ3) is 3.98. The molecule has 0 radical (unpaired) electrons. The van der Waals surface area contributed by atoms with E-state index in [1.54, 1.807) is 18.3 Å². The smallest absolute Gasteiger partial charge is 0.224 e. The van der Waals surface area contributed by atoms with E-state index in [-0.39, 0.29) is 5.91 Å². The summed E-state index contributed by atoms with van der Waals surface area (Å²) in [6.07, 6.45) is 4.41. The number of anilines is 1. The van der Waals surface area contributed by atoms with E-state index in [0.717, 1.165) is 25.9 Å². The first-order chi connectivity index (χ1) is 8.24. The van der Waals surface area contributed by atoms with E-state index in [9.17, 15) is 4.79 Å². The summed E-state index contributed by atoms with van der Waals surface area (Å²) in [7, 11) is 0. The first kappa shape index (κ1) is 12.3. The summed E-state index contributed by atoms with van der Waals surface area (Å²) in [4.78, 5) is 15.7. The molecule has 5 heteroatoms. The standard InChI is InChI=1S/C12H16ClN3O/c13-11-4-3-10(8-15-11)16-12(17)6-9-2-1-5-14-7-9/h3-4,8-9,14H,1-2,5-7H2,(H,16,17). The first-order valence-corrected chi connectivity index (χ1v) is 6.24. The van der Waals surface area contributed by atoms with Crippen molar-refractivity contribution in [3.05, 3.63) is 23.5 Å². The molecule has 4 nitrogen and oxygen atoms in total. The number of halogens is 1. The van der Waals surface area contributed by atoms with Crippen LogP contribution in [0.5, 0.6) is 0 Å². The third-order valence-corrected chi connectivity index (χ3v) is 3.11. The minimum Gasteiger partial charge on any atom is -0.325 e. The van der Waals surface area contributed by atoms with Crippen molar-refractivity contribution in [2.75, 3.05) is 18.4 Å². The maximum atomic E-state index is 11.8. The lowest BCUT2D eigenvalue weighted by atomic mass is 9.96. The lowest BCUT2D eigenvalue weighted by molar-refractivity contribution is -0.117. The summed E-state index contributed by atoms with van der Waals surface area (Å²) in [5.41, 5.74) is 0.697. The molecule has 2 heterocycles. The maximum Gasteiger partial charge on any atom is 0.224 e. The number of rotatable bonds is 3. The topological polar surface area (TPSA) is 54.0 Å². The van der Waals surface area contributed by atoms with Crippen molar-refractivity contribution < 1.29 is 4.79 Å². The molecule has 1 atom stereocenters. The van der Waals surface area contributed by atoms with Crippen LogP contribution in [0.15, 0.2) is 18.3 Å². The lowest BCUT2D eigenvalue weighted by Crippen LogP contribution is -2.32. The molecule has 1 unspecified atom stereocenters. The van der Waals surface area contributed by atoms with Gasteiger partial charge in [-0.1, -0.05) is 11.6 Å². The monoisotopic (exact) mass is 253 g/mol. The Kier molecular flexibility index (Phi) is 4.34. The SMILES string of the molecule is O=C(CC1CCCNC1)Nc1ccc(Cl)nc1. The van der Waals surface area contributed by atoms with Crippen LogP contribution in [0.3, 0.4) is 0 Å². The van der Waals surface area contributed by atoms with Crippen LogP contribution >= 0.6 is 11.6 Å². The second-order valence-electron chi connectivity index (χ2n) is 4.33. The number of carbonyl (C=O) groups excluding carboxylic acids is 1. The third-order valence-electron chi connectivity index (χ3n) is 2.88. The van der Waals surface area contributed by atoms with Crippen LogP contribution in [0, 0.1) is 5.92 Å². The van der Waals surface area contributed by atoms with Gasteiger partial charge >= 0.3 is 0 Å². The van der Waals surface area contributed by atoms with Crippen molar-refractivity contribution in [1.29, 1.82) is 0 Å². The second kappa shape index (κ2) is 5.98. The highest BCUT2D eigenvalue weighted by atomic mass is 35.5. The zero-order chi connectivity index (χ0) is 12.1. The Labute approximate surface area is 106 Å². The van der Waals surface area contributed by atoms with E-state index in [2.05, 4.69) is 15.6 Å². The van der Waals surface area contributed by atoms with Crippen LogP contribution in [-0.4, -0.2) is 24.0 Å². The Bertz CT molecular complexity index is 374. The van der Waals surface area contributed by atoms with Gasteiger partial charge in [0.2, 0.25) is 5.91 Å². The largest absolute Gasteiger partial charge is 0.325 e. The zero-order valence-electron chi connectivity index (χ0n) is 9.58. The fourth-order valence-corrected chi connectivity index (χ4v) is 2.13. The number of nitrogens with zero attached hydrogens (tertiary/aromatic N) is 1. The average Bonchev–Trinajstić information content (AvgIpc) is 2.33. The summed E-state index contributed by atoms with van der Waals surface area (Å²) < 4.78 is 0. The van der Waals surface area contributed by atoms with E-state index < -0.39 is 0 Å². The molecule has 1 aliphatic heterocycles. The summed E-state index contributed by atoms with van der Waals surface area (Å²) in [6.45, 7) is 2.01. The number of piperidine rings is 1. The van der Waals surface area contributed by atoms with Crippen LogP contribution < -0.4 is 10.6 Å². The van der Waals surface area contributed by atoms with Gasteiger partial charge in [0.25, 0.3) is 0 Å². The quantitative estimate of drug-likeness (QED) is 0.811. The number of hydrogen-bond acceptors (Lipinski definition) is 3. The molecule has 1 fully saturated rings. The Hall–Kier alpha value is -1.13. The number of carbonyl (C=O) groups is 1. The van der Waals surface area contributed by atoms with E-state index in [4.69, 9.17) is 11.6 Å². The van der Waals surface area contributed by atoms with Gasteiger partial charge in [0, 0.05) is 6.42 Å². The molecule has 1 aromatic heterocycles. The summed E-state index contributed by atoms with van der Waals surface area (Å²) in [6, 6.07) is 3.42. The molecule has 2 rings (SSSR count). The number of amides is 1. The fourth-order valence-electron chi connectivity index (χ4n) is 2.02. The van der Waals surface area contributed by atoms with E-state index in [1.807, 2.05) is 0 Å². The number of aromatic nitrogens is 1. The molecule has 0 spiro atoms. The molecule has 1 amide bonds. The average molecular weight is 254 g/mol. The van der Waals surface area contributed by atoms with E-state index >= 15 is 0 Å². The Balaban J connectivity index is 1.82. The van der Waals surface area contributed by atoms with Crippen LogP contribution in [0.1, 0.15) is 19.3 Å². The maximum absolute atomic E-state index is 11.8. The predicted octanol–water partition coefficient (Wildman–Crippen LogP) is 2.06. The zero-order valence-corrected chi connectivity index (χ0v) is 10.3. The van der Waals surface area contributed by atoms with Gasteiger partial charge < -0.3 is 10.6 Å². The highest BCUT2D eigenvalue weighted by Gasteiger charge is 2.16. The molecular weight excluding hydrogens is 238 g/mol. The normalized spacial score (nSPS) is 19.9. The number of nitrogens with one attached hydrogen (secondary N) is 2.